The maximum Gasteiger partial charge on any atom is 0.338 e. The van der Waals surface area contributed by atoms with Crippen molar-refractivity contribution in [1.82, 2.24) is 4.31 Å². The van der Waals surface area contributed by atoms with E-state index in [0.717, 1.165) is 10.5 Å². The summed E-state index contributed by atoms with van der Waals surface area (Å²) in [5.74, 6) is -1.33. The van der Waals surface area contributed by atoms with E-state index in [1.54, 1.807) is 33.8 Å². The Morgan fingerprint density at radius 3 is 2.32 bits per heavy atom. The van der Waals surface area contributed by atoms with Crippen LogP contribution in [0.1, 0.15) is 43.1 Å². The standard InChI is InChI=1S/C24H29N3O6S/c1-5-26(6-2)34(31,32)19-13-8-16(4)20(14-19)25-21-15-22(28)27(23(21)29)18-11-9-17(10-12-18)24(30)33-7-3/h8-14,21,25H,5-7,15H2,1-4H3/t21-/m0/s1. The minimum atomic E-state index is -3.67. The second-order valence-corrected chi connectivity index (χ2v) is 9.74. The molecule has 2 aromatic rings. The van der Waals surface area contributed by atoms with Crippen molar-refractivity contribution in [3.63, 3.8) is 0 Å². The van der Waals surface area contributed by atoms with E-state index in [2.05, 4.69) is 5.32 Å². The monoisotopic (exact) mass is 487 g/mol. The highest BCUT2D eigenvalue weighted by Crippen LogP contribution is 2.28. The third-order valence-corrected chi connectivity index (χ3v) is 7.71. The van der Waals surface area contributed by atoms with Gasteiger partial charge in [0, 0.05) is 18.8 Å². The van der Waals surface area contributed by atoms with Gasteiger partial charge >= 0.3 is 5.97 Å². The summed E-state index contributed by atoms with van der Waals surface area (Å²) < 4.78 is 32.1. The number of hydrogen-bond donors (Lipinski definition) is 1. The number of aryl methyl sites for hydroxylation is 1. The van der Waals surface area contributed by atoms with Crippen molar-refractivity contribution in [2.75, 3.05) is 29.9 Å². The molecule has 1 heterocycles. The number of sulfonamides is 1. The van der Waals surface area contributed by atoms with E-state index in [1.807, 2.05) is 0 Å². The van der Waals surface area contributed by atoms with Gasteiger partial charge in [-0.05, 0) is 55.8 Å². The lowest BCUT2D eigenvalue weighted by Crippen LogP contribution is -2.35. The summed E-state index contributed by atoms with van der Waals surface area (Å²) in [5, 5.41) is 3.05. The number of amides is 2. The van der Waals surface area contributed by atoms with E-state index in [4.69, 9.17) is 4.74 Å². The number of ether oxygens (including phenoxy) is 1. The quantitative estimate of drug-likeness (QED) is 0.427. The average molecular weight is 488 g/mol. The normalized spacial score (nSPS) is 16.3. The zero-order valence-electron chi connectivity index (χ0n) is 19.7. The molecule has 0 saturated carbocycles. The van der Waals surface area contributed by atoms with Crippen LogP contribution in [-0.2, 0) is 24.3 Å². The summed E-state index contributed by atoms with van der Waals surface area (Å²) in [5.41, 5.74) is 1.89. The first-order valence-electron chi connectivity index (χ1n) is 11.1. The molecular formula is C24H29N3O6S. The largest absolute Gasteiger partial charge is 0.462 e. The Morgan fingerprint density at radius 1 is 1.09 bits per heavy atom. The fraction of sp³-hybridized carbons (Fsp3) is 0.375. The van der Waals surface area contributed by atoms with E-state index in [9.17, 15) is 22.8 Å². The topological polar surface area (TPSA) is 113 Å². The summed E-state index contributed by atoms with van der Waals surface area (Å²) in [6.07, 6.45) is -0.0784. The Balaban J connectivity index is 1.82. The van der Waals surface area contributed by atoms with Crippen LogP contribution in [0.5, 0.6) is 0 Å². The molecule has 1 aliphatic rings. The van der Waals surface area contributed by atoms with Gasteiger partial charge in [-0.2, -0.15) is 4.31 Å². The number of hydrogen-bond acceptors (Lipinski definition) is 7. The summed E-state index contributed by atoms with van der Waals surface area (Å²) in [4.78, 5) is 38.7. The summed E-state index contributed by atoms with van der Waals surface area (Å²) >= 11 is 0. The molecule has 10 heteroatoms. The first kappa shape index (κ1) is 25.4. The van der Waals surface area contributed by atoms with Crippen LogP contribution in [0.2, 0.25) is 0 Å². The van der Waals surface area contributed by atoms with Crippen LogP contribution < -0.4 is 10.2 Å². The van der Waals surface area contributed by atoms with Crippen molar-refractivity contribution in [2.24, 2.45) is 0 Å². The minimum absolute atomic E-state index is 0.0784. The van der Waals surface area contributed by atoms with Gasteiger partial charge in [-0.3, -0.25) is 9.59 Å². The third-order valence-electron chi connectivity index (χ3n) is 5.67. The number of esters is 1. The fourth-order valence-corrected chi connectivity index (χ4v) is 5.28. The van der Waals surface area contributed by atoms with Gasteiger partial charge < -0.3 is 10.1 Å². The molecule has 0 aromatic heterocycles. The molecule has 0 radical (unpaired) electrons. The van der Waals surface area contributed by atoms with Gasteiger partial charge in [0.25, 0.3) is 5.91 Å². The van der Waals surface area contributed by atoms with E-state index < -0.39 is 33.8 Å². The zero-order valence-corrected chi connectivity index (χ0v) is 20.5. The van der Waals surface area contributed by atoms with Crippen LogP contribution in [-0.4, -0.2) is 56.2 Å². The summed E-state index contributed by atoms with van der Waals surface area (Å²) in [6.45, 7) is 7.97. The zero-order chi connectivity index (χ0) is 25.0. The van der Waals surface area contributed by atoms with Crippen LogP contribution in [0.25, 0.3) is 0 Å². The predicted molar refractivity (Wildman–Crippen MR) is 128 cm³/mol. The van der Waals surface area contributed by atoms with Gasteiger partial charge in [-0.1, -0.05) is 19.9 Å². The first-order chi connectivity index (χ1) is 16.1. The van der Waals surface area contributed by atoms with Crippen molar-refractivity contribution in [3.05, 3.63) is 53.6 Å². The molecule has 1 atom stereocenters. The van der Waals surface area contributed by atoms with Gasteiger partial charge in [0.05, 0.1) is 29.2 Å². The molecule has 1 fully saturated rings. The van der Waals surface area contributed by atoms with Crippen molar-refractivity contribution in [2.45, 2.75) is 45.1 Å². The van der Waals surface area contributed by atoms with Crippen LogP contribution in [0.15, 0.2) is 47.4 Å². The Labute approximate surface area is 199 Å². The first-order valence-corrected chi connectivity index (χ1v) is 12.6. The second kappa shape index (κ2) is 10.4. The third kappa shape index (κ3) is 4.97. The SMILES string of the molecule is CCOC(=O)c1ccc(N2C(=O)C[C@H](Nc3cc(S(=O)(=O)N(CC)CC)ccc3C)C2=O)cc1. The second-order valence-electron chi connectivity index (χ2n) is 7.80. The lowest BCUT2D eigenvalue weighted by atomic mass is 10.1. The molecule has 1 saturated heterocycles. The van der Waals surface area contributed by atoms with Crippen molar-refractivity contribution < 1.29 is 27.5 Å². The number of carbonyl (C=O) groups excluding carboxylic acids is 3. The number of imide groups is 1. The number of benzene rings is 2. The number of rotatable bonds is 9. The van der Waals surface area contributed by atoms with Gasteiger partial charge in [0.2, 0.25) is 15.9 Å². The molecule has 34 heavy (non-hydrogen) atoms. The molecule has 0 unspecified atom stereocenters. The van der Waals surface area contributed by atoms with Gasteiger partial charge in [0.15, 0.2) is 0 Å². The predicted octanol–water partition coefficient (Wildman–Crippen LogP) is 2.95. The van der Waals surface area contributed by atoms with Crippen molar-refractivity contribution in [1.29, 1.82) is 0 Å². The number of nitrogens with zero attached hydrogens (tertiary/aromatic N) is 2. The molecule has 9 nitrogen and oxygen atoms in total. The molecule has 0 aliphatic carbocycles. The Hall–Kier alpha value is -3.24. The Bertz CT molecular complexity index is 1190. The maximum atomic E-state index is 13.1. The highest BCUT2D eigenvalue weighted by Gasteiger charge is 2.40. The lowest BCUT2D eigenvalue weighted by Gasteiger charge is -2.21. The van der Waals surface area contributed by atoms with Crippen molar-refractivity contribution >= 4 is 39.2 Å². The smallest absolute Gasteiger partial charge is 0.338 e. The summed E-state index contributed by atoms with van der Waals surface area (Å²) in [7, 11) is -3.67. The minimum Gasteiger partial charge on any atom is -0.462 e. The van der Waals surface area contributed by atoms with Crippen LogP contribution >= 0.6 is 0 Å². The van der Waals surface area contributed by atoms with Crippen molar-refractivity contribution in [3.8, 4) is 0 Å². The molecule has 1 aliphatic heterocycles. The highest BCUT2D eigenvalue weighted by atomic mass is 32.2. The highest BCUT2D eigenvalue weighted by molar-refractivity contribution is 7.89. The molecule has 1 N–H and O–H groups in total. The molecular weight excluding hydrogens is 458 g/mol. The van der Waals surface area contributed by atoms with Crippen LogP contribution in [0.3, 0.4) is 0 Å². The molecule has 182 valence electrons. The van der Waals surface area contributed by atoms with Crippen LogP contribution in [0.4, 0.5) is 11.4 Å². The van der Waals surface area contributed by atoms with Gasteiger partial charge in [0.1, 0.15) is 6.04 Å². The Morgan fingerprint density at radius 2 is 1.74 bits per heavy atom. The van der Waals surface area contributed by atoms with Gasteiger partial charge in [-0.25, -0.2) is 18.1 Å². The Kier molecular flexibility index (Phi) is 7.73. The van der Waals surface area contributed by atoms with E-state index >= 15 is 0 Å². The summed E-state index contributed by atoms with van der Waals surface area (Å²) in [6, 6.07) is 9.90. The maximum absolute atomic E-state index is 13.1. The molecule has 0 spiro atoms. The molecule has 2 amide bonds. The van der Waals surface area contributed by atoms with E-state index in [1.165, 1.54) is 40.7 Å². The molecule has 3 rings (SSSR count). The molecule has 0 bridgehead atoms. The fourth-order valence-electron chi connectivity index (χ4n) is 3.79. The average Bonchev–Trinajstić information content (AvgIpc) is 3.08. The molecule has 2 aromatic carbocycles. The van der Waals surface area contributed by atoms with Gasteiger partial charge in [-0.15, -0.1) is 0 Å². The van der Waals surface area contributed by atoms with E-state index in [0.29, 0.717) is 30.0 Å². The number of anilines is 2. The van der Waals surface area contributed by atoms with Crippen LogP contribution in [0, 0.1) is 6.92 Å². The number of carbonyl (C=O) groups is 3. The number of nitrogens with one attached hydrogen (secondary N) is 1. The lowest BCUT2D eigenvalue weighted by molar-refractivity contribution is -0.121. The van der Waals surface area contributed by atoms with E-state index in [-0.39, 0.29) is 17.9 Å².